The van der Waals surface area contributed by atoms with Crippen LogP contribution in [-0.2, 0) is 11.2 Å². The van der Waals surface area contributed by atoms with Crippen molar-refractivity contribution in [3.8, 4) is 11.5 Å². The number of nitrogens with one attached hydrogen (secondary N) is 1. The Kier molecular flexibility index (Phi) is 3.91. The standard InChI is InChI=1S/C16H13F2NO3/c17-11-2-3-13(12(18)9-11)19-16(20)8-10-1-4-14-15(7-10)22-6-5-21-14/h1-4,7,9H,5-6,8H2,(H,19,20). The lowest BCUT2D eigenvalue weighted by Gasteiger charge is -2.18. The molecule has 1 amide bonds. The zero-order valence-electron chi connectivity index (χ0n) is 11.6. The van der Waals surface area contributed by atoms with Gasteiger partial charge in [0.15, 0.2) is 11.5 Å². The summed E-state index contributed by atoms with van der Waals surface area (Å²) in [6, 6.07) is 8.19. The first-order chi connectivity index (χ1) is 10.6. The first-order valence-electron chi connectivity index (χ1n) is 6.75. The zero-order valence-corrected chi connectivity index (χ0v) is 11.6. The lowest BCUT2D eigenvalue weighted by Crippen LogP contribution is -2.17. The molecule has 6 heteroatoms. The van der Waals surface area contributed by atoms with Gasteiger partial charge in [-0.2, -0.15) is 0 Å². The molecular formula is C16H13F2NO3. The van der Waals surface area contributed by atoms with Crippen LogP contribution >= 0.6 is 0 Å². The molecule has 0 aliphatic carbocycles. The molecule has 4 nitrogen and oxygen atoms in total. The number of benzene rings is 2. The molecule has 0 saturated carbocycles. The van der Waals surface area contributed by atoms with E-state index in [1.165, 1.54) is 6.07 Å². The Hall–Kier alpha value is -2.63. The average molecular weight is 305 g/mol. The summed E-state index contributed by atoms with van der Waals surface area (Å²) >= 11 is 0. The summed E-state index contributed by atoms with van der Waals surface area (Å²) in [6.07, 6.45) is 0.0491. The van der Waals surface area contributed by atoms with Crippen LogP contribution in [-0.4, -0.2) is 19.1 Å². The molecule has 0 fully saturated rings. The van der Waals surface area contributed by atoms with E-state index in [4.69, 9.17) is 9.47 Å². The summed E-state index contributed by atoms with van der Waals surface area (Å²) in [5.74, 6) is -0.676. The van der Waals surface area contributed by atoms with Crippen LogP contribution in [0.25, 0.3) is 0 Å². The SMILES string of the molecule is O=C(Cc1ccc2c(c1)OCCO2)Nc1ccc(F)cc1F. The van der Waals surface area contributed by atoms with Crippen LogP contribution in [0.1, 0.15) is 5.56 Å². The minimum Gasteiger partial charge on any atom is -0.486 e. The van der Waals surface area contributed by atoms with E-state index in [9.17, 15) is 13.6 Å². The highest BCUT2D eigenvalue weighted by Crippen LogP contribution is 2.30. The van der Waals surface area contributed by atoms with Gasteiger partial charge in [-0.05, 0) is 29.8 Å². The van der Waals surface area contributed by atoms with Crippen LogP contribution in [0.4, 0.5) is 14.5 Å². The summed E-state index contributed by atoms with van der Waals surface area (Å²) in [4.78, 5) is 11.9. The van der Waals surface area contributed by atoms with E-state index in [0.717, 1.165) is 12.1 Å². The Morgan fingerprint density at radius 1 is 1.05 bits per heavy atom. The summed E-state index contributed by atoms with van der Waals surface area (Å²) in [6.45, 7) is 0.958. The Morgan fingerprint density at radius 2 is 1.82 bits per heavy atom. The first kappa shape index (κ1) is 14.3. The van der Waals surface area contributed by atoms with Gasteiger partial charge in [0.25, 0.3) is 0 Å². The molecule has 1 aliphatic heterocycles. The van der Waals surface area contributed by atoms with Crippen LogP contribution in [0.3, 0.4) is 0 Å². The molecule has 2 aromatic rings. The number of fused-ring (bicyclic) bond motifs is 1. The minimum absolute atomic E-state index is 0.0491. The largest absolute Gasteiger partial charge is 0.486 e. The molecule has 0 spiro atoms. The molecule has 114 valence electrons. The van der Waals surface area contributed by atoms with Crippen molar-refractivity contribution in [2.75, 3.05) is 18.5 Å². The van der Waals surface area contributed by atoms with Crippen molar-refractivity contribution >= 4 is 11.6 Å². The molecule has 22 heavy (non-hydrogen) atoms. The fraction of sp³-hybridized carbons (Fsp3) is 0.188. The van der Waals surface area contributed by atoms with E-state index in [1.807, 2.05) is 0 Å². The second-order valence-electron chi connectivity index (χ2n) is 4.83. The highest BCUT2D eigenvalue weighted by molar-refractivity contribution is 5.92. The van der Waals surface area contributed by atoms with E-state index in [0.29, 0.717) is 30.3 Å². The Balaban J connectivity index is 1.69. The van der Waals surface area contributed by atoms with Crippen LogP contribution in [0.2, 0.25) is 0 Å². The predicted octanol–water partition coefficient (Wildman–Crippen LogP) is 2.92. The number of amides is 1. The smallest absolute Gasteiger partial charge is 0.228 e. The van der Waals surface area contributed by atoms with Crippen molar-refractivity contribution in [2.45, 2.75) is 6.42 Å². The normalized spacial score (nSPS) is 12.8. The second-order valence-corrected chi connectivity index (χ2v) is 4.83. The molecule has 3 rings (SSSR count). The lowest BCUT2D eigenvalue weighted by molar-refractivity contribution is -0.115. The van der Waals surface area contributed by atoms with Gasteiger partial charge >= 0.3 is 0 Å². The highest BCUT2D eigenvalue weighted by Gasteiger charge is 2.14. The molecular weight excluding hydrogens is 292 g/mol. The van der Waals surface area contributed by atoms with Crippen molar-refractivity contribution < 1.29 is 23.0 Å². The molecule has 0 saturated heterocycles. The molecule has 0 unspecified atom stereocenters. The quantitative estimate of drug-likeness (QED) is 0.948. The lowest BCUT2D eigenvalue weighted by atomic mass is 10.1. The molecule has 1 N–H and O–H groups in total. The number of anilines is 1. The molecule has 0 atom stereocenters. The fourth-order valence-corrected chi connectivity index (χ4v) is 2.17. The van der Waals surface area contributed by atoms with E-state index in [1.54, 1.807) is 18.2 Å². The highest BCUT2D eigenvalue weighted by atomic mass is 19.1. The summed E-state index contributed by atoms with van der Waals surface area (Å²) in [5, 5.41) is 2.41. The van der Waals surface area contributed by atoms with Crippen LogP contribution < -0.4 is 14.8 Å². The minimum atomic E-state index is -0.810. The molecule has 0 radical (unpaired) electrons. The topological polar surface area (TPSA) is 47.6 Å². The second kappa shape index (κ2) is 6.01. The maximum atomic E-state index is 13.5. The third kappa shape index (κ3) is 3.16. The van der Waals surface area contributed by atoms with Gasteiger partial charge in [0, 0.05) is 6.07 Å². The van der Waals surface area contributed by atoms with Crippen LogP contribution in [0, 0.1) is 11.6 Å². The van der Waals surface area contributed by atoms with Crippen molar-refractivity contribution in [1.29, 1.82) is 0 Å². The summed E-state index contributed by atoms with van der Waals surface area (Å²) < 4.78 is 37.1. The Labute approximate surface area is 125 Å². The number of carbonyl (C=O) groups excluding carboxylic acids is 1. The van der Waals surface area contributed by atoms with E-state index in [-0.39, 0.29) is 12.1 Å². The average Bonchev–Trinajstić information content (AvgIpc) is 2.50. The van der Waals surface area contributed by atoms with Crippen LogP contribution in [0.5, 0.6) is 11.5 Å². The van der Waals surface area contributed by atoms with E-state index < -0.39 is 17.5 Å². The third-order valence-electron chi connectivity index (χ3n) is 3.18. The van der Waals surface area contributed by atoms with E-state index >= 15 is 0 Å². The molecule has 2 aromatic carbocycles. The third-order valence-corrected chi connectivity index (χ3v) is 3.18. The van der Waals surface area contributed by atoms with Gasteiger partial charge < -0.3 is 14.8 Å². The monoisotopic (exact) mass is 305 g/mol. The Morgan fingerprint density at radius 3 is 2.59 bits per heavy atom. The molecule has 1 aliphatic rings. The number of halogens is 2. The maximum absolute atomic E-state index is 13.5. The van der Waals surface area contributed by atoms with Gasteiger partial charge in [0.05, 0.1) is 12.1 Å². The number of rotatable bonds is 3. The zero-order chi connectivity index (χ0) is 15.5. The number of hydrogen-bond donors (Lipinski definition) is 1. The van der Waals surface area contributed by atoms with Gasteiger partial charge in [-0.15, -0.1) is 0 Å². The van der Waals surface area contributed by atoms with Gasteiger partial charge in [-0.3, -0.25) is 4.79 Å². The van der Waals surface area contributed by atoms with Crippen molar-refractivity contribution in [3.05, 3.63) is 53.6 Å². The molecule has 0 bridgehead atoms. The summed E-state index contributed by atoms with van der Waals surface area (Å²) in [5.41, 5.74) is 0.660. The molecule has 0 aromatic heterocycles. The summed E-state index contributed by atoms with van der Waals surface area (Å²) in [7, 11) is 0. The number of ether oxygens (including phenoxy) is 2. The van der Waals surface area contributed by atoms with Crippen LogP contribution in [0.15, 0.2) is 36.4 Å². The van der Waals surface area contributed by atoms with Gasteiger partial charge in [0.1, 0.15) is 24.8 Å². The van der Waals surface area contributed by atoms with Gasteiger partial charge in [0.2, 0.25) is 5.91 Å². The van der Waals surface area contributed by atoms with Crippen molar-refractivity contribution in [2.24, 2.45) is 0 Å². The maximum Gasteiger partial charge on any atom is 0.228 e. The molecule has 1 heterocycles. The van der Waals surface area contributed by atoms with Gasteiger partial charge in [-0.1, -0.05) is 6.07 Å². The number of carbonyl (C=O) groups is 1. The first-order valence-corrected chi connectivity index (χ1v) is 6.75. The van der Waals surface area contributed by atoms with Gasteiger partial charge in [-0.25, -0.2) is 8.78 Å². The predicted molar refractivity (Wildman–Crippen MR) is 76.1 cm³/mol. The van der Waals surface area contributed by atoms with Crippen molar-refractivity contribution in [3.63, 3.8) is 0 Å². The number of hydrogen-bond acceptors (Lipinski definition) is 3. The fourth-order valence-electron chi connectivity index (χ4n) is 2.17. The Bertz CT molecular complexity index is 719. The van der Waals surface area contributed by atoms with Crippen molar-refractivity contribution in [1.82, 2.24) is 0 Å². The van der Waals surface area contributed by atoms with E-state index in [2.05, 4.69) is 5.32 Å².